The Balaban J connectivity index is 0.00000264. The van der Waals surface area contributed by atoms with Crippen LogP contribution in [0.4, 0.5) is 0 Å². The van der Waals surface area contributed by atoms with E-state index in [9.17, 15) is 0 Å². The Morgan fingerprint density at radius 1 is 1.17 bits per heavy atom. The molecule has 1 aliphatic rings. The number of methoxy groups -OCH3 is 1. The van der Waals surface area contributed by atoms with Gasteiger partial charge in [-0.25, -0.2) is 0 Å². The van der Waals surface area contributed by atoms with Crippen molar-refractivity contribution >= 4 is 29.9 Å². The summed E-state index contributed by atoms with van der Waals surface area (Å²) in [5.41, 5.74) is 1.65. The second kappa shape index (κ2) is 10.9. The van der Waals surface area contributed by atoms with Gasteiger partial charge in [0.05, 0.1) is 13.2 Å². The molecule has 0 atom stereocenters. The highest BCUT2D eigenvalue weighted by atomic mass is 127. The van der Waals surface area contributed by atoms with E-state index in [2.05, 4.69) is 47.9 Å². The fourth-order valence-electron chi connectivity index (χ4n) is 3.23. The maximum absolute atomic E-state index is 5.09. The number of hydrogen-bond donors (Lipinski definition) is 2. The minimum Gasteiger partial charge on any atom is -0.383 e. The first kappa shape index (κ1) is 20.2. The third kappa shape index (κ3) is 5.95. The average molecular weight is 431 g/mol. The fourth-order valence-corrected chi connectivity index (χ4v) is 3.23. The minimum atomic E-state index is 0. The Kier molecular flexibility index (Phi) is 9.55. The molecule has 4 nitrogen and oxygen atoms in total. The third-order valence-electron chi connectivity index (χ3n) is 4.43. The highest BCUT2D eigenvalue weighted by molar-refractivity contribution is 14.0. The summed E-state index contributed by atoms with van der Waals surface area (Å²) in [6, 6.07) is 10.9. The van der Waals surface area contributed by atoms with Crippen LogP contribution in [0.15, 0.2) is 35.3 Å². The standard InChI is InChI=1S/C18H29N3O.HI/c1-3-19-17(20-13-14-22-2)21-15-18(11-7-8-12-18)16-9-5-4-6-10-16;/h4-6,9-10H,3,7-8,11-15H2,1-2H3,(H2,19,20,21);1H. The molecule has 0 saturated heterocycles. The van der Waals surface area contributed by atoms with Crippen molar-refractivity contribution in [3.63, 3.8) is 0 Å². The summed E-state index contributed by atoms with van der Waals surface area (Å²) in [5.74, 6) is 0.891. The molecule has 130 valence electrons. The number of nitrogens with one attached hydrogen (secondary N) is 2. The van der Waals surface area contributed by atoms with Gasteiger partial charge in [-0.3, -0.25) is 4.99 Å². The topological polar surface area (TPSA) is 45.7 Å². The molecule has 5 heteroatoms. The van der Waals surface area contributed by atoms with Gasteiger partial charge in [0.15, 0.2) is 5.96 Å². The van der Waals surface area contributed by atoms with Crippen LogP contribution in [0.5, 0.6) is 0 Å². The maximum atomic E-state index is 5.09. The molecular weight excluding hydrogens is 401 g/mol. The van der Waals surface area contributed by atoms with Gasteiger partial charge < -0.3 is 15.4 Å². The lowest BCUT2D eigenvalue weighted by molar-refractivity contribution is 0.203. The zero-order valence-corrected chi connectivity index (χ0v) is 16.6. The summed E-state index contributed by atoms with van der Waals surface area (Å²) in [5, 5.41) is 6.65. The number of aliphatic imine (C=N–C) groups is 1. The number of nitrogens with zero attached hydrogens (tertiary/aromatic N) is 1. The van der Waals surface area contributed by atoms with Gasteiger partial charge in [0.2, 0.25) is 0 Å². The van der Waals surface area contributed by atoms with Crippen molar-refractivity contribution in [1.82, 2.24) is 10.6 Å². The lowest BCUT2D eigenvalue weighted by Crippen LogP contribution is -2.40. The second-order valence-electron chi connectivity index (χ2n) is 5.97. The number of guanidine groups is 1. The van der Waals surface area contributed by atoms with Crippen molar-refractivity contribution < 1.29 is 4.74 Å². The van der Waals surface area contributed by atoms with Crippen molar-refractivity contribution in [3.8, 4) is 0 Å². The van der Waals surface area contributed by atoms with Crippen LogP contribution in [0.3, 0.4) is 0 Å². The zero-order chi connectivity index (χ0) is 15.7. The minimum absolute atomic E-state index is 0. The van der Waals surface area contributed by atoms with Crippen molar-refractivity contribution in [2.45, 2.75) is 38.0 Å². The molecule has 1 aromatic carbocycles. The first-order valence-electron chi connectivity index (χ1n) is 8.37. The highest BCUT2D eigenvalue weighted by Gasteiger charge is 2.35. The summed E-state index contributed by atoms with van der Waals surface area (Å²) >= 11 is 0. The molecule has 0 amide bonds. The van der Waals surface area contributed by atoms with E-state index in [1.165, 1.54) is 31.2 Å². The van der Waals surface area contributed by atoms with Crippen molar-refractivity contribution in [3.05, 3.63) is 35.9 Å². The summed E-state index contributed by atoms with van der Waals surface area (Å²) in [7, 11) is 1.72. The summed E-state index contributed by atoms with van der Waals surface area (Å²) in [4.78, 5) is 4.85. The Hall–Kier alpha value is -0.820. The largest absolute Gasteiger partial charge is 0.383 e. The molecular formula is C18H30IN3O. The molecule has 0 aromatic heterocycles. The molecule has 1 aromatic rings. The van der Waals surface area contributed by atoms with Crippen LogP contribution in [0.25, 0.3) is 0 Å². The molecule has 1 saturated carbocycles. The first-order chi connectivity index (χ1) is 10.8. The van der Waals surface area contributed by atoms with E-state index in [4.69, 9.17) is 9.73 Å². The van der Waals surface area contributed by atoms with E-state index >= 15 is 0 Å². The van der Waals surface area contributed by atoms with Gasteiger partial charge in [-0.15, -0.1) is 24.0 Å². The first-order valence-corrected chi connectivity index (χ1v) is 8.37. The van der Waals surface area contributed by atoms with Crippen LogP contribution in [-0.4, -0.2) is 39.3 Å². The predicted octanol–water partition coefficient (Wildman–Crippen LogP) is 3.32. The van der Waals surface area contributed by atoms with E-state index in [0.29, 0.717) is 6.61 Å². The Morgan fingerprint density at radius 2 is 1.87 bits per heavy atom. The predicted molar refractivity (Wildman–Crippen MR) is 108 cm³/mol. The molecule has 23 heavy (non-hydrogen) atoms. The van der Waals surface area contributed by atoms with Gasteiger partial charge >= 0.3 is 0 Å². The number of benzene rings is 1. The molecule has 1 fully saturated rings. The van der Waals surface area contributed by atoms with Gasteiger partial charge in [-0.2, -0.15) is 0 Å². The van der Waals surface area contributed by atoms with Gasteiger partial charge in [0, 0.05) is 25.6 Å². The quantitative estimate of drug-likeness (QED) is 0.301. The maximum Gasteiger partial charge on any atom is 0.191 e. The summed E-state index contributed by atoms with van der Waals surface area (Å²) in [6.45, 7) is 5.28. The molecule has 0 bridgehead atoms. The van der Waals surface area contributed by atoms with Crippen LogP contribution in [0.1, 0.15) is 38.2 Å². The van der Waals surface area contributed by atoms with E-state index in [1.807, 2.05) is 0 Å². The number of halogens is 1. The molecule has 0 heterocycles. The molecule has 0 radical (unpaired) electrons. The second-order valence-corrected chi connectivity index (χ2v) is 5.97. The summed E-state index contributed by atoms with van der Waals surface area (Å²) in [6.07, 6.45) is 5.08. The fraction of sp³-hybridized carbons (Fsp3) is 0.611. The van der Waals surface area contributed by atoms with Crippen molar-refractivity contribution in [2.24, 2.45) is 4.99 Å². The monoisotopic (exact) mass is 431 g/mol. The third-order valence-corrected chi connectivity index (χ3v) is 4.43. The van der Waals surface area contributed by atoms with E-state index in [0.717, 1.165) is 25.6 Å². The normalized spacial score (nSPS) is 16.7. The van der Waals surface area contributed by atoms with Gasteiger partial charge in [-0.1, -0.05) is 43.2 Å². The molecule has 2 rings (SSSR count). The zero-order valence-electron chi connectivity index (χ0n) is 14.3. The Bertz CT molecular complexity index is 459. The Labute approximate surface area is 157 Å². The van der Waals surface area contributed by atoms with Gasteiger partial charge in [-0.05, 0) is 25.3 Å². The molecule has 0 spiro atoms. The molecule has 1 aliphatic carbocycles. The molecule has 0 aliphatic heterocycles. The average Bonchev–Trinajstić information content (AvgIpc) is 3.04. The van der Waals surface area contributed by atoms with Gasteiger partial charge in [0.25, 0.3) is 0 Å². The molecule has 0 unspecified atom stereocenters. The SMILES string of the molecule is CCNC(=NCC1(c2ccccc2)CCCC1)NCCOC.I. The Morgan fingerprint density at radius 3 is 2.48 bits per heavy atom. The highest BCUT2D eigenvalue weighted by Crippen LogP contribution is 2.41. The van der Waals surface area contributed by atoms with Gasteiger partial charge in [0.1, 0.15) is 0 Å². The number of hydrogen-bond acceptors (Lipinski definition) is 2. The van der Waals surface area contributed by atoms with E-state index < -0.39 is 0 Å². The van der Waals surface area contributed by atoms with Crippen LogP contribution in [0, 0.1) is 0 Å². The number of ether oxygens (including phenoxy) is 1. The van der Waals surface area contributed by atoms with Crippen LogP contribution in [0.2, 0.25) is 0 Å². The van der Waals surface area contributed by atoms with E-state index in [1.54, 1.807) is 7.11 Å². The van der Waals surface area contributed by atoms with E-state index in [-0.39, 0.29) is 29.4 Å². The van der Waals surface area contributed by atoms with Crippen molar-refractivity contribution in [2.75, 3.05) is 33.4 Å². The molecule has 2 N–H and O–H groups in total. The number of rotatable bonds is 7. The smallest absolute Gasteiger partial charge is 0.191 e. The van der Waals surface area contributed by atoms with Crippen LogP contribution >= 0.6 is 24.0 Å². The van der Waals surface area contributed by atoms with Crippen LogP contribution < -0.4 is 10.6 Å². The summed E-state index contributed by atoms with van der Waals surface area (Å²) < 4.78 is 5.09. The lowest BCUT2D eigenvalue weighted by atomic mass is 9.79. The lowest BCUT2D eigenvalue weighted by Gasteiger charge is -2.28. The van der Waals surface area contributed by atoms with Crippen LogP contribution in [-0.2, 0) is 10.2 Å². The van der Waals surface area contributed by atoms with Crippen molar-refractivity contribution in [1.29, 1.82) is 0 Å².